The number of fused-ring (bicyclic) bond motifs is 1. The summed E-state index contributed by atoms with van der Waals surface area (Å²) in [6.45, 7) is 9.23. The van der Waals surface area contributed by atoms with Crippen molar-refractivity contribution in [2.75, 3.05) is 38.0 Å². The Morgan fingerprint density at radius 3 is 2.54 bits per heavy atom. The number of thiazole rings is 1. The van der Waals surface area contributed by atoms with Crippen molar-refractivity contribution < 1.29 is 4.79 Å². The summed E-state index contributed by atoms with van der Waals surface area (Å²) in [6, 6.07) is 14.3. The van der Waals surface area contributed by atoms with Gasteiger partial charge in [0.15, 0.2) is 0 Å². The van der Waals surface area contributed by atoms with E-state index in [0.717, 1.165) is 43.9 Å². The highest BCUT2D eigenvalue weighted by Gasteiger charge is 2.20. The zero-order chi connectivity index (χ0) is 19.5. The Bertz CT molecular complexity index is 943. The van der Waals surface area contributed by atoms with Crippen molar-refractivity contribution >= 4 is 33.1 Å². The standard InChI is InChI=1S/C22H26N4OS/c1-16-7-8-18(13-17(16)2)23-21(27)14-25-9-11-26(12-10-25)15-22-24-19-5-3-4-6-20(19)28-22/h3-8,13H,9-12,14-15H2,1-2H3,(H,23,27). The molecule has 146 valence electrons. The maximum Gasteiger partial charge on any atom is 0.238 e. The average molecular weight is 395 g/mol. The largest absolute Gasteiger partial charge is 0.325 e. The summed E-state index contributed by atoms with van der Waals surface area (Å²) in [6.07, 6.45) is 0. The molecule has 1 saturated heterocycles. The maximum atomic E-state index is 12.4. The van der Waals surface area contributed by atoms with Gasteiger partial charge in [-0.1, -0.05) is 18.2 Å². The zero-order valence-corrected chi connectivity index (χ0v) is 17.3. The van der Waals surface area contributed by atoms with E-state index in [1.165, 1.54) is 20.8 Å². The quantitative estimate of drug-likeness (QED) is 0.717. The molecule has 1 aliphatic rings. The lowest BCUT2D eigenvalue weighted by Crippen LogP contribution is -2.48. The first kappa shape index (κ1) is 19.1. The Labute approximate surface area is 170 Å². The van der Waals surface area contributed by atoms with Crippen LogP contribution >= 0.6 is 11.3 Å². The summed E-state index contributed by atoms with van der Waals surface area (Å²) in [5.74, 6) is 0.0582. The van der Waals surface area contributed by atoms with Crippen LogP contribution in [-0.4, -0.2) is 53.4 Å². The van der Waals surface area contributed by atoms with Crippen LogP contribution in [0, 0.1) is 13.8 Å². The first-order chi connectivity index (χ1) is 13.6. The van der Waals surface area contributed by atoms with E-state index in [-0.39, 0.29) is 5.91 Å². The predicted molar refractivity (Wildman–Crippen MR) is 116 cm³/mol. The number of nitrogens with zero attached hydrogens (tertiary/aromatic N) is 3. The van der Waals surface area contributed by atoms with Gasteiger partial charge in [-0.2, -0.15) is 0 Å². The number of aryl methyl sites for hydroxylation is 2. The molecule has 0 radical (unpaired) electrons. The molecule has 0 bridgehead atoms. The second-order valence-electron chi connectivity index (χ2n) is 7.47. The fraction of sp³-hybridized carbons (Fsp3) is 0.364. The van der Waals surface area contributed by atoms with Gasteiger partial charge in [0, 0.05) is 31.9 Å². The predicted octanol–water partition coefficient (Wildman–Crippen LogP) is 3.67. The molecule has 0 atom stereocenters. The van der Waals surface area contributed by atoms with Gasteiger partial charge in [0.25, 0.3) is 0 Å². The van der Waals surface area contributed by atoms with E-state index < -0.39 is 0 Å². The summed E-state index contributed by atoms with van der Waals surface area (Å²) in [5.41, 5.74) is 4.40. The molecule has 5 nitrogen and oxygen atoms in total. The van der Waals surface area contributed by atoms with Gasteiger partial charge >= 0.3 is 0 Å². The van der Waals surface area contributed by atoms with Gasteiger partial charge in [-0.15, -0.1) is 11.3 Å². The van der Waals surface area contributed by atoms with Crippen LogP contribution in [0.4, 0.5) is 5.69 Å². The molecular weight excluding hydrogens is 368 g/mol. The molecule has 6 heteroatoms. The van der Waals surface area contributed by atoms with E-state index in [1.54, 1.807) is 11.3 Å². The molecule has 1 N–H and O–H groups in total. The van der Waals surface area contributed by atoms with Gasteiger partial charge in [-0.3, -0.25) is 14.6 Å². The molecule has 2 aromatic carbocycles. The van der Waals surface area contributed by atoms with Crippen LogP contribution < -0.4 is 5.32 Å². The molecule has 1 fully saturated rings. The Kier molecular flexibility index (Phi) is 5.71. The number of hydrogen-bond acceptors (Lipinski definition) is 5. The van der Waals surface area contributed by atoms with Crippen molar-refractivity contribution in [3.05, 3.63) is 58.6 Å². The fourth-order valence-corrected chi connectivity index (χ4v) is 4.52. The van der Waals surface area contributed by atoms with Crippen molar-refractivity contribution in [3.63, 3.8) is 0 Å². The lowest BCUT2D eigenvalue weighted by atomic mass is 10.1. The molecule has 1 aromatic heterocycles. The van der Waals surface area contributed by atoms with Gasteiger partial charge in [0.1, 0.15) is 5.01 Å². The third kappa shape index (κ3) is 4.58. The summed E-state index contributed by atoms with van der Waals surface area (Å²) >= 11 is 1.78. The third-order valence-electron chi connectivity index (χ3n) is 5.32. The van der Waals surface area contributed by atoms with Crippen LogP contribution in [0.1, 0.15) is 16.1 Å². The van der Waals surface area contributed by atoms with Crippen molar-refractivity contribution in [2.45, 2.75) is 20.4 Å². The van der Waals surface area contributed by atoms with Gasteiger partial charge in [-0.05, 0) is 49.2 Å². The molecular formula is C22H26N4OS. The monoisotopic (exact) mass is 394 g/mol. The Morgan fingerprint density at radius 1 is 1.04 bits per heavy atom. The first-order valence-electron chi connectivity index (χ1n) is 9.73. The van der Waals surface area contributed by atoms with Crippen LogP contribution in [0.3, 0.4) is 0 Å². The first-order valence-corrected chi connectivity index (χ1v) is 10.5. The molecule has 1 amide bonds. The molecule has 0 unspecified atom stereocenters. The maximum absolute atomic E-state index is 12.4. The van der Waals surface area contributed by atoms with E-state index in [1.807, 2.05) is 24.3 Å². The molecule has 3 aromatic rings. The number of nitrogens with one attached hydrogen (secondary N) is 1. The lowest BCUT2D eigenvalue weighted by Gasteiger charge is -2.33. The number of hydrogen-bond donors (Lipinski definition) is 1. The fourth-order valence-electron chi connectivity index (χ4n) is 3.51. The Hall–Kier alpha value is -2.28. The normalized spacial score (nSPS) is 15.8. The highest BCUT2D eigenvalue weighted by atomic mass is 32.1. The highest BCUT2D eigenvalue weighted by Crippen LogP contribution is 2.23. The number of amides is 1. The number of rotatable bonds is 5. The molecule has 28 heavy (non-hydrogen) atoms. The van der Waals surface area contributed by atoms with Crippen LogP contribution in [0.15, 0.2) is 42.5 Å². The van der Waals surface area contributed by atoms with Crippen LogP contribution in [0.5, 0.6) is 0 Å². The number of carbonyl (C=O) groups excluding carboxylic acids is 1. The Morgan fingerprint density at radius 2 is 1.79 bits per heavy atom. The van der Waals surface area contributed by atoms with E-state index in [0.29, 0.717) is 6.54 Å². The number of anilines is 1. The van der Waals surface area contributed by atoms with Gasteiger partial charge in [0.05, 0.1) is 23.3 Å². The molecule has 1 aliphatic heterocycles. The third-order valence-corrected chi connectivity index (χ3v) is 6.34. The van der Waals surface area contributed by atoms with Crippen LogP contribution in [-0.2, 0) is 11.3 Å². The van der Waals surface area contributed by atoms with Crippen molar-refractivity contribution in [1.29, 1.82) is 0 Å². The minimum atomic E-state index is 0.0582. The van der Waals surface area contributed by atoms with Crippen LogP contribution in [0.2, 0.25) is 0 Å². The topological polar surface area (TPSA) is 48.5 Å². The van der Waals surface area contributed by atoms with Crippen molar-refractivity contribution in [1.82, 2.24) is 14.8 Å². The highest BCUT2D eigenvalue weighted by molar-refractivity contribution is 7.18. The summed E-state index contributed by atoms with van der Waals surface area (Å²) in [5, 5.41) is 4.19. The van der Waals surface area contributed by atoms with Crippen molar-refractivity contribution in [2.24, 2.45) is 0 Å². The lowest BCUT2D eigenvalue weighted by molar-refractivity contribution is -0.117. The summed E-state index contributed by atoms with van der Waals surface area (Å²) in [7, 11) is 0. The van der Waals surface area contributed by atoms with Gasteiger partial charge in [0.2, 0.25) is 5.91 Å². The van der Waals surface area contributed by atoms with E-state index in [2.05, 4.69) is 47.2 Å². The van der Waals surface area contributed by atoms with Crippen LogP contribution in [0.25, 0.3) is 10.2 Å². The van der Waals surface area contributed by atoms with Gasteiger partial charge in [-0.25, -0.2) is 4.98 Å². The average Bonchev–Trinajstić information content (AvgIpc) is 3.08. The molecule has 0 spiro atoms. The van der Waals surface area contributed by atoms with Gasteiger partial charge < -0.3 is 5.32 Å². The number of aromatic nitrogens is 1. The van der Waals surface area contributed by atoms with E-state index >= 15 is 0 Å². The number of para-hydroxylation sites is 1. The SMILES string of the molecule is Cc1ccc(NC(=O)CN2CCN(Cc3nc4ccccc4s3)CC2)cc1C. The number of benzene rings is 2. The number of carbonyl (C=O) groups is 1. The molecule has 0 aliphatic carbocycles. The minimum Gasteiger partial charge on any atom is -0.325 e. The Balaban J connectivity index is 1.25. The molecule has 4 rings (SSSR count). The second-order valence-corrected chi connectivity index (χ2v) is 8.59. The van der Waals surface area contributed by atoms with E-state index in [9.17, 15) is 4.79 Å². The second kappa shape index (κ2) is 8.39. The smallest absolute Gasteiger partial charge is 0.238 e. The van der Waals surface area contributed by atoms with Crippen molar-refractivity contribution in [3.8, 4) is 0 Å². The molecule has 2 heterocycles. The molecule has 0 saturated carbocycles. The summed E-state index contributed by atoms with van der Waals surface area (Å²) in [4.78, 5) is 21.8. The van der Waals surface area contributed by atoms with E-state index in [4.69, 9.17) is 4.98 Å². The zero-order valence-electron chi connectivity index (χ0n) is 16.4. The summed E-state index contributed by atoms with van der Waals surface area (Å²) < 4.78 is 1.25. The minimum absolute atomic E-state index is 0.0582. The number of piperazine rings is 1.